The van der Waals surface area contributed by atoms with Crippen LogP contribution in [0.3, 0.4) is 0 Å². The Balaban J connectivity index is 1.30. The average molecular weight is 683 g/mol. The van der Waals surface area contributed by atoms with Crippen LogP contribution in [-0.4, -0.2) is 4.98 Å². The number of rotatable bonds is 5. The second-order valence-electron chi connectivity index (χ2n) is 12.1. The van der Waals surface area contributed by atoms with Crippen LogP contribution in [0.5, 0.6) is 0 Å². The zero-order valence-electron chi connectivity index (χ0n) is 26.0. The molecule has 0 saturated heterocycles. The Kier molecular flexibility index (Phi) is 6.62. The van der Waals surface area contributed by atoms with E-state index in [1.807, 2.05) is 29.5 Å². The maximum absolute atomic E-state index is 6.27. The molecule has 3 nitrogen and oxygen atoms in total. The van der Waals surface area contributed by atoms with E-state index in [1.165, 1.54) is 20.2 Å². The van der Waals surface area contributed by atoms with E-state index in [0.717, 1.165) is 75.8 Å². The van der Waals surface area contributed by atoms with Crippen LogP contribution in [-0.2, 0) is 0 Å². The maximum Gasteiger partial charge on any atom is 0.135 e. The number of fused-ring (bicyclic) bond motifs is 7. The molecule has 0 aliphatic heterocycles. The van der Waals surface area contributed by atoms with Crippen molar-refractivity contribution >= 4 is 105 Å². The second-order valence-corrected chi connectivity index (χ2v) is 14.7. The molecule has 0 saturated carbocycles. The Morgan fingerprint density at radius 2 is 1.16 bits per heavy atom. The van der Waals surface area contributed by atoms with Crippen molar-refractivity contribution in [3.05, 3.63) is 152 Å². The molecule has 0 fully saturated rings. The third-order valence-corrected chi connectivity index (χ3v) is 11.8. The number of aromatic nitrogens is 1. The minimum atomic E-state index is 0.860. The summed E-state index contributed by atoms with van der Waals surface area (Å²) in [4.78, 5) is 8.58. The van der Waals surface area contributed by atoms with Crippen molar-refractivity contribution in [3.63, 3.8) is 0 Å². The van der Waals surface area contributed by atoms with Gasteiger partial charge >= 0.3 is 0 Å². The van der Waals surface area contributed by atoms with E-state index in [1.54, 1.807) is 11.3 Å². The Hall–Kier alpha value is -5.40. The van der Waals surface area contributed by atoms with Crippen LogP contribution in [0.4, 0.5) is 17.1 Å². The molecule has 0 amide bonds. The van der Waals surface area contributed by atoms with E-state index >= 15 is 0 Å². The van der Waals surface area contributed by atoms with Gasteiger partial charge in [0, 0.05) is 52.8 Å². The summed E-state index contributed by atoms with van der Waals surface area (Å²) in [5, 5.41) is 5.68. The zero-order chi connectivity index (χ0) is 32.5. The Bertz CT molecular complexity index is 2850. The number of anilines is 3. The first kappa shape index (κ1) is 28.6. The van der Waals surface area contributed by atoms with Crippen LogP contribution < -0.4 is 4.90 Å². The number of thiophene rings is 1. The average Bonchev–Trinajstić information content (AvgIpc) is 3.86. The number of thiazole rings is 1. The van der Waals surface area contributed by atoms with Gasteiger partial charge in [-0.2, -0.15) is 0 Å². The molecule has 0 aliphatic rings. The van der Waals surface area contributed by atoms with Crippen LogP contribution in [0.1, 0.15) is 0 Å². The van der Waals surface area contributed by atoms with Crippen molar-refractivity contribution < 1.29 is 4.42 Å². The molecule has 3 heterocycles. The first-order valence-corrected chi connectivity index (χ1v) is 18.2. The molecule has 0 spiro atoms. The lowest BCUT2D eigenvalue weighted by molar-refractivity contribution is 0.669. The van der Waals surface area contributed by atoms with E-state index in [9.17, 15) is 0 Å². The molecule has 10 aromatic rings. The highest BCUT2D eigenvalue weighted by molar-refractivity contribution is 7.80. The van der Waals surface area contributed by atoms with Gasteiger partial charge in [0.2, 0.25) is 0 Å². The molecule has 7 aromatic carbocycles. The minimum absolute atomic E-state index is 0.860. The zero-order valence-corrected chi connectivity index (χ0v) is 28.5. The molecular weight excluding hydrogens is 657 g/mol. The highest BCUT2D eigenvalue weighted by atomic mass is 32.1. The van der Waals surface area contributed by atoms with Crippen molar-refractivity contribution in [3.8, 4) is 21.7 Å². The van der Waals surface area contributed by atoms with Crippen LogP contribution in [0.2, 0.25) is 0 Å². The van der Waals surface area contributed by atoms with E-state index in [0.29, 0.717) is 0 Å². The normalized spacial score (nSPS) is 11.8. The van der Waals surface area contributed by atoms with E-state index in [2.05, 4.69) is 138 Å². The lowest BCUT2D eigenvalue weighted by atomic mass is 10.0. The summed E-state index contributed by atoms with van der Waals surface area (Å²) >= 11 is 8.92. The largest absolute Gasteiger partial charge is 0.456 e. The fraction of sp³-hybridized carbons (Fsp3) is 0. The summed E-state index contributed by atoms with van der Waals surface area (Å²) in [6.07, 6.45) is 0. The summed E-state index contributed by atoms with van der Waals surface area (Å²) in [5.41, 5.74) is 8.94. The molecule has 0 N–H and O–H groups in total. The smallest absolute Gasteiger partial charge is 0.135 e. The molecule has 6 heteroatoms. The molecule has 232 valence electrons. The third-order valence-electron chi connectivity index (χ3n) is 9.20. The summed E-state index contributed by atoms with van der Waals surface area (Å²) in [6, 6.07) is 53.4. The topological polar surface area (TPSA) is 29.3 Å². The van der Waals surface area contributed by atoms with Gasteiger partial charge in [0.25, 0.3) is 0 Å². The van der Waals surface area contributed by atoms with Gasteiger partial charge in [0.05, 0.1) is 10.4 Å². The fourth-order valence-corrected chi connectivity index (χ4v) is 9.46. The molecular formula is C43H26N2OS3. The summed E-state index contributed by atoms with van der Waals surface area (Å²) in [7, 11) is 0. The number of thiol groups is 1. The Morgan fingerprint density at radius 1 is 0.510 bits per heavy atom. The van der Waals surface area contributed by atoms with Gasteiger partial charge in [0.15, 0.2) is 0 Å². The van der Waals surface area contributed by atoms with E-state index in [-0.39, 0.29) is 0 Å². The van der Waals surface area contributed by atoms with Gasteiger partial charge in [-0.05, 0) is 59.7 Å². The number of benzene rings is 7. The Labute approximate surface area is 295 Å². The SMILES string of the molecule is Sc1c(-c2ccccc2)cc2sc(-c3ccccc3)nc2c1N(c1ccc2c(c1)sc1ccccc12)c1ccc2oc3ccccc3c2c1. The number of furan rings is 1. The van der Waals surface area contributed by atoms with Crippen molar-refractivity contribution in [1.29, 1.82) is 0 Å². The molecule has 3 aromatic heterocycles. The molecule has 0 unspecified atom stereocenters. The minimum Gasteiger partial charge on any atom is -0.456 e. The highest BCUT2D eigenvalue weighted by Gasteiger charge is 2.25. The molecule has 0 aliphatic carbocycles. The van der Waals surface area contributed by atoms with Crippen molar-refractivity contribution in [2.24, 2.45) is 0 Å². The van der Waals surface area contributed by atoms with Gasteiger partial charge in [-0.3, -0.25) is 0 Å². The molecule has 49 heavy (non-hydrogen) atoms. The Morgan fingerprint density at radius 3 is 2.00 bits per heavy atom. The highest BCUT2D eigenvalue weighted by Crippen LogP contribution is 2.50. The van der Waals surface area contributed by atoms with Gasteiger partial charge in [-0.25, -0.2) is 4.98 Å². The number of hydrogen-bond donors (Lipinski definition) is 1. The monoisotopic (exact) mass is 682 g/mol. The molecule has 0 radical (unpaired) electrons. The predicted octanol–water partition coefficient (Wildman–Crippen LogP) is 13.7. The van der Waals surface area contributed by atoms with E-state index < -0.39 is 0 Å². The first-order chi connectivity index (χ1) is 24.2. The lowest BCUT2D eigenvalue weighted by Gasteiger charge is -2.28. The quantitative estimate of drug-likeness (QED) is 0.183. The van der Waals surface area contributed by atoms with Gasteiger partial charge in [-0.15, -0.1) is 35.3 Å². The van der Waals surface area contributed by atoms with Crippen LogP contribution in [0.15, 0.2) is 161 Å². The van der Waals surface area contributed by atoms with E-state index in [4.69, 9.17) is 22.0 Å². The summed E-state index contributed by atoms with van der Waals surface area (Å²) < 4.78 is 9.89. The number of hydrogen-bond acceptors (Lipinski definition) is 6. The van der Waals surface area contributed by atoms with Crippen molar-refractivity contribution in [1.82, 2.24) is 4.98 Å². The van der Waals surface area contributed by atoms with Crippen LogP contribution >= 0.6 is 35.3 Å². The maximum atomic E-state index is 6.27. The first-order valence-electron chi connectivity index (χ1n) is 16.1. The fourth-order valence-electron chi connectivity index (χ4n) is 6.91. The van der Waals surface area contributed by atoms with Gasteiger partial charge in [-0.1, -0.05) is 103 Å². The van der Waals surface area contributed by atoms with Crippen molar-refractivity contribution in [2.75, 3.05) is 4.90 Å². The molecule has 0 bridgehead atoms. The second kappa shape index (κ2) is 11.3. The summed E-state index contributed by atoms with van der Waals surface area (Å²) in [6.45, 7) is 0. The van der Waals surface area contributed by atoms with Gasteiger partial charge in [0.1, 0.15) is 21.7 Å². The number of para-hydroxylation sites is 1. The molecule has 10 rings (SSSR count). The third kappa shape index (κ3) is 4.67. The van der Waals surface area contributed by atoms with Gasteiger partial charge < -0.3 is 9.32 Å². The standard InChI is InChI=1S/C43H26N2OS3/c47-42-33(26-11-3-1-4-12-26)25-39-40(44-43(49-39)27-13-5-2-6-14-27)41(42)45(28-20-22-36-34(23-28)30-15-7-9-17-35(30)46-36)29-19-21-32-31-16-8-10-18-37(31)48-38(32)24-29/h1-25,47H. The van der Waals surface area contributed by atoms with Crippen LogP contribution in [0, 0.1) is 0 Å². The lowest BCUT2D eigenvalue weighted by Crippen LogP contribution is -2.12. The molecule has 0 atom stereocenters. The van der Waals surface area contributed by atoms with Crippen LogP contribution in [0.25, 0.3) is 74.0 Å². The predicted molar refractivity (Wildman–Crippen MR) is 213 cm³/mol. The number of nitrogens with zero attached hydrogens (tertiary/aromatic N) is 2. The summed E-state index contributed by atoms with van der Waals surface area (Å²) in [5.74, 6) is 0. The van der Waals surface area contributed by atoms with Crippen molar-refractivity contribution in [2.45, 2.75) is 4.90 Å².